The molecule has 1 unspecified atom stereocenters. The molecule has 0 saturated carbocycles. The van der Waals surface area contributed by atoms with E-state index in [2.05, 4.69) is 32.5 Å². The average Bonchev–Trinajstić information content (AvgIpc) is 3.39. The Bertz CT molecular complexity index is 1350. The van der Waals surface area contributed by atoms with Crippen molar-refractivity contribution < 1.29 is 13.2 Å². The summed E-state index contributed by atoms with van der Waals surface area (Å²) >= 11 is 0. The first-order valence-corrected chi connectivity index (χ1v) is 12.9. The summed E-state index contributed by atoms with van der Waals surface area (Å²) in [5.41, 5.74) is 3.97. The molecule has 10 nitrogen and oxygen atoms in total. The van der Waals surface area contributed by atoms with Gasteiger partial charge in [-0.2, -0.15) is 10.1 Å². The number of sulfone groups is 1. The predicted octanol–water partition coefficient (Wildman–Crippen LogP) is 2.00. The van der Waals surface area contributed by atoms with Gasteiger partial charge in [-0.1, -0.05) is 6.07 Å². The van der Waals surface area contributed by atoms with Crippen LogP contribution >= 0.6 is 0 Å². The van der Waals surface area contributed by atoms with Crippen LogP contribution in [0.1, 0.15) is 24.5 Å². The normalized spacial score (nSPS) is 18.6. The van der Waals surface area contributed by atoms with Crippen molar-refractivity contribution in [1.82, 2.24) is 24.6 Å². The number of aryl methyl sites for hydroxylation is 3. The molecule has 1 aliphatic heterocycles. The summed E-state index contributed by atoms with van der Waals surface area (Å²) in [6.07, 6.45) is 6.08. The van der Waals surface area contributed by atoms with Crippen LogP contribution in [0.15, 0.2) is 29.6 Å². The molecule has 33 heavy (non-hydrogen) atoms. The van der Waals surface area contributed by atoms with E-state index in [1.165, 1.54) is 17.5 Å². The summed E-state index contributed by atoms with van der Waals surface area (Å²) in [6, 6.07) is 5.94. The van der Waals surface area contributed by atoms with Gasteiger partial charge in [-0.25, -0.2) is 18.2 Å². The Morgan fingerprint density at radius 1 is 1.15 bits per heavy atom. The number of hydrogen-bond donors (Lipinski definition) is 1. The average molecular weight is 470 g/mol. The number of fused-ring (bicyclic) bond motifs is 2. The lowest BCUT2D eigenvalue weighted by atomic mass is 10.1. The molecule has 1 atom stereocenters. The van der Waals surface area contributed by atoms with Gasteiger partial charge in [0.05, 0.1) is 11.6 Å². The Morgan fingerprint density at radius 2 is 1.94 bits per heavy atom. The van der Waals surface area contributed by atoms with Crippen LogP contribution in [0.3, 0.4) is 0 Å². The fraction of sp³-hybridized carbons (Fsp3) is 0.455. The highest BCUT2D eigenvalue weighted by molar-refractivity contribution is 7.90. The van der Waals surface area contributed by atoms with E-state index < -0.39 is 9.84 Å². The molecular weight excluding hydrogens is 442 g/mol. The molecule has 0 radical (unpaired) electrons. The van der Waals surface area contributed by atoms with E-state index >= 15 is 0 Å². The Kier molecular flexibility index (Phi) is 5.23. The molecule has 11 heteroatoms. The summed E-state index contributed by atoms with van der Waals surface area (Å²) in [6.45, 7) is 3.49. The van der Waals surface area contributed by atoms with Crippen LogP contribution < -0.4 is 10.2 Å². The maximum atomic E-state index is 12.9. The quantitative estimate of drug-likeness (QED) is 0.584. The zero-order valence-corrected chi connectivity index (χ0v) is 19.8. The van der Waals surface area contributed by atoms with E-state index in [4.69, 9.17) is 0 Å². The number of nitrogens with one attached hydrogen (secondary N) is 1. The molecule has 1 aromatic carbocycles. The van der Waals surface area contributed by atoms with Gasteiger partial charge >= 0.3 is 6.03 Å². The minimum atomic E-state index is -3.60. The third-order valence-corrected chi connectivity index (χ3v) is 7.27. The number of amides is 2. The molecule has 1 saturated heterocycles. The van der Waals surface area contributed by atoms with E-state index in [9.17, 15) is 13.2 Å². The van der Waals surface area contributed by atoms with Crippen LogP contribution in [0.4, 0.5) is 16.3 Å². The number of aromatic nitrogens is 4. The number of hydrogen-bond acceptors (Lipinski definition) is 7. The minimum Gasteiger partial charge on any atom is -0.350 e. The number of rotatable bonds is 3. The second-order valence-corrected chi connectivity index (χ2v) is 10.8. The molecule has 2 amide bonds. The molecule has 2 aromatic heterocycles. The second-order valence-electron chi connectivity index (χ2n) is 8.86. The molecule has 3 aromatic rings. The standard InChI is InChI=1S/C22H27N7O3S/c1-14-13-28(22(30)24-17-8-7-15-5-4-6-16(15)11-17)9-10-29(14)20-18-12-23-27(2)19(18)25-21(26-20)33(3,31)32/h7-8,11-12,14H,4-6,9-10,13H2,1-3H3,(H,24,30). The third-order valence-electron chi connectivity index (χ3n) is 6.42. The molecule has 0 bridgehead atoms. The molecule has 5 rings (SSSR count). The zero-order chi connectivity index (χ0) is 23.3. The van der Waals surface area contributed by atoms with E-state index in [0.717, 1.165) is 24.8 Å². The fourth-order valence-corrected chi connectivity index (χ4v) is 5.19. The van der Waals surface area contributed by atoms with Crippen LogP contribution in [0, 0.1) is 0 Å². The highest BCUT2D eigenvalue weighted by Crippen LogP contribution is 2.29. The lowest BCUT2D eigenvalue weighted by Gasteiger charge is -2.40. The summed E-state index contributed by atoms with van der Waals surface area (Å²) < 4.78 is 25.9. The van der Waals surface area contributed by atoms with Gasteiger partial charge in [0.2, 0.25) is 9.84 Å². The Labute approximate surface area is 192 Å². The monoisotopic (exact) mass is 469 g/mol. The largest absolute Gasteiger partial charge is 0.350 e. The first-order chi connectivity index (χ1) is 15.7. The maximum absolute atomic E-state index is 12.9. The summed E-state index contributed by atoms with van der Waals surface area (Å²) in [4.78, 5) is 25.3. The van der Waals surface area contributed by atoms with E-state index in [0.29, 0.717) is 36.5 Å². The van der Waals surface area contributed by atoms with Gasteiger partial charge in [0.15, 0.2) is 5.65 Å². The summed E-state index contributed by atoms with van der Waals surface area (Å²) in [7, 11) is -1.88. The van der Waals surface area contributed by atoms with Gasteiger partial charge < -0.3 is 15.1 Å². The first-order valence-electron chi connectivity index (χ1n) is 11.0. The Morgan fingerprint density at radius 3 is 2.70 bits per heavy atom. The van der Waals surface area contributed by atoms with Crippen molar-refractivity contribution in [3.8, 4) is 0 Å². The topological polar surface area (TPSA) is 113 Å². The number of carbonyl (C=O) groups is 1. The molecule has 2 aliphatic rings. The van der Waals surface area contributed by atoms with Crippen LogP contribution in [0.2, 0.25) is 0 Å². The SMILES string of the molecule is CC1CN(C(=O)Nc2ccc3c(c2)CCC3)CCN1c1nc(S(C)(=O)=O)nc2c1cnn2C. The minimum absolute atomic E-state index is 0.0739. The van der Waals surface area contributed by atoms with Crippen LogP contribution in [0.5, 0.6) is 0 Å². The summed E-state index contributed by atoms with van der Waals surface area (Å²) in [5, 5.41) is 7.72. The van der Waals surface area contributed by atoms with Gasteiger partial charge in [-0.15, -0.1) is 0 Å². The van der Waals surface area contributed by atoms with Gasteiger partial charge in [0, 0.05) is 44.7 Å². The fourth-order valence-electron chi connectivity index (χ4n) is 4.68. The zero-order valence-electron chi connectivity index (χ0n) is 18.9. The van der Waals surface area contributed by atoms with Gasteiger partial charge in [0.1, 0.15) is 5.82 Å². The van der Waals surface area contributed by atoms with Crippen LogP contribution in [0.25, 0.3) is 11.0 Å². The van der Waals surface area contributed by atoms with Crippen molar-refractivity contribution in [2.24, 2.45) is 7.05 Å². The Hall–Kier alpha value is -3.21. The molecule has 174 valence electrons. The molecule has 1 fully saturated rings. The number of carbonyl (C=O) groups excluding carboxylic acids is 1. The lowest BCUT2D eigenvalue weighted by Crippen LogP contribution is -2.55. The smallest absolute Gasteiger partial charge is 0.321 e. The van der Waals surface area contributed by atoms with Crippen molar-refractivity contribution >= 4 is 38.4 Å². The van der Waals surface area contributed by atoms with Gasteiger partial charge in [-0.3, -0.25) is 4.68 Å². The number of benzene rings is 1. The van der Waals surface area contributed by atoms with E-state index in [-0.39, 0.29) is 17.2 Å². The van der Waals surface area contributed by atoms with E-state index in [1.54, 1.807) is 22.8 Å². The molecule has 1 N–H and O–H groups in total. The maximum Gasteiger partial charge on any atom is 0.321 e. The van der Waals surface area contributed by atoms with Crippen LogP contribution in [-0.4, -0.2) is 71.0 Å². The van der Waals surface area contributed by atoms with Crippen LogP contribution in [-0.2, 0) is 29.7 Å². The third kappa shape index (κ3) is 4.01. The van der Waals surface area contributed by atoms with Gasteiger partial charge in [-0.05, 0) is 49.4 Å². The molecular formula is C22H27N7O3S. The van der Waals surface area contributed by atoms with Crippen molar-refractivity contribution in [3.05, 3.63) is 35.5 Å². The number of nitrogens with zero attached hydrogens (tertiary/aromatic N) is 6. The number of piperazine rings is 1. The van der Waals surface area contributed by atoms with Crippen molar-refractivity contribution in [2.45, 2.75) is 37.4 Å². The lowest BCUT2D eigenvalue weighted by molar-refractivity contribution is 0.200. The molecule has 3 heterocycles. The summed E-state index contributed by atoms with van der Waals surface area (Å²) in [5.74, 6) is 0.528. The number of urea groups is 1. The molecule has 0 spiro atoms. The predicted molar refractivity (Wildman–Crippen MR) is 125 cm³/mol. The molecule has 1 aliphatic carbocycles. The van der Waals surface area contributed by atoms with Gasteiger partial charge in [0.25, 0.3) is 5.16 Å². The van der Waals surface area contributed by atoms with Crippen molar-refractivity contribution in [3.63, 3.8) is 0 Å². The second kappa shape index (κ2) is 7.98. The van der Waals surface area contributed by atoms with Crippen molar-refractivity contribution in [2.75, 3.05) is 36.1 Å². The highest BCUT2D eigenvalue weighted by Gasteiger charge is 2.30. The first kappa shape index (κ1) is 21.6. The van der Waals surface area contributed by atoms with E-state index in [1.807, 2.05) is 17.9 Å². The Balaban J connectivity index is 1.35. The van der Waals surface area contributed by atoms with Crippen molar-refractivity contribution in [1.29, 1.82) is 0 Å². The highest BCUT2D eigenvalue weighted by atomic mass is 32.2. The number of anilines is 2.